The number of rotatable bonds is 6. The highest BCUT2D eigenvalue weighted by atomic mass is 79.9. The summed E-state index contributed by atoms with van der Waals surface area (Å²) in [6.45, 7) is 1.38. The second kappa shape index (κ2) is 7.34. The van der Waals surface area contributed by atoms with Crippen molar-refractivity contribution in [1.82, 2.24) is 5.32 Å². The van der Waals surface area contributed by atoms with Crippen LogP contribution in [0.1, 0.15) is 13.3 Å². The number of hydrogen-bond acceptors (Lipinski definition) is 4. The number of nitrogens with one attached hydrogen (secondary N) is 1. The Morgan fingerprint density at radius 3 is 2.28 bits per heavy atom. The Hall–Kier alpha value is -1.12. The molecule has 0 radical (unpaired) electrons. The van der Waals surface area contributed by atoms with Crippen LogP contribution < -0.4 is 5.32 Å². The summed E-state index contributed by atoms with van der Waals surface area (Å²) in [5, 5.41) is 1.29. The fraction of sp³-hybridized carbons (Fsp3) is 0.667. The first-order chi connectivity index (χ1) is 8.22. The largest absolute Gasteiger partial charge is 0.471 e. The minimum absolute atomic E-state index is 0.0697. The van der Waals surface area contributed by atoms with Crippen LogP contribution >= 0.6 is 15.9 Å². The third kappa shape index (κ3) is 5.99. The van der Waals surface area contributed by atoms with Crippen LogP contribution in [-0.4, -0.2) is 41.8 Å². The molecule has 104 valence electrons. The molecule has 0 bridgehead atoms. The summed E-state index contributed by atoms with van der Waals surface area (Å²) in [6.07, 6.45) is -5.69. The van der Waals surface area contributed by atoms with E-state index in [1.54, 1.807) is 0 Å². The Morgan fingerprint density at radius 1 is 1.33 bits per heavy atom. The van der Waals surface area contributed by atoms with Gasteiger partial charge in [0.15, 0.2) is 0 Å². The molecule has 0 aromatic rings. The average molecular weight is 334 g/mol. The molecule has 0 heterocycles. The molecule has 0 fully saturated rings. The zero-order valence-corrected chi connectivity index (χ0v) is 10.9. The van der Waals surface area contributed by atoms with Gasteiger partial charge in [0.05, 0.1) is 11.9 Å². The quantitative estimate of drug-likeness (QED) is 0.580. The number of ether oxygens (including phenoxy) is 1. The molecule has 0 unspecified atom stereocenters. The second-order valence-corrected chi connectivity index (χ2v) is 3.71. The fourth-order valence-electron chi connectivity index (χ4n) is 0.958. The second-order valence-electron chi connectivity index (χ2n) is 3.15. The number of hydrogen-bond donors (Lipinski definition) is 1. The first-order valence-electron chi connectivity index (χ1n) is 4.84. The van der Waals surface area contributed by atoms with Gasteiger partial charge in [0, 0.05) is 6.42 Å². The highest BCUT2D eigenvalue weighted by Gasteiger charge is 2.41. The lowest BCUT2D eigenvalue weighted by Crippen LogP contribution is -2.48. The van der Waals surface area contributed by atoms with Crippen LogP contribution in [0, 0.1) is 0 Å². The van der Waals surface area contributed by atoms with Crippen LogP contribution in [-0.2, 0) is 19.1 Å². The zero-order chi connectivity index (χ0) is 14.3. The topological polar surface area (TPSA) is 72.5 Å². The maximum absolute atomic E-state index is 12.0. The average Bonchev–Trinajstić information content (AvgIpc) is 2.26. The molecule has 0 spiro atoms. The van der Waals surface area contributed by atoms with Crippen LogP contribution in [0.5, 0.6) is 0 Å². The number of ketones is 1. The van der Waals surface area contributed by atoms with Gasteiger partial charge in [-0.05, 0) is 6.92 Å². The van der Waals surface area contributed by atoms with Crippen molar-refractivity contribution in [2.45, 2.75) is 25.6 Å². The maximum atomic E-state index is 12.0. The van der Waals surface area contributed by atoms with Gasteiger partial charge in [-0.1, -0.05) is 15.9 Å². The number of halogens is 4. The van der Waals surface area contributed by atoms with Crippen LogP contribution in [0.15, 0.2) is 0 Å². The SMILES string of the molecule is CCOC(=O)[C@H](CC(=O)CBr)NC(=O)C(F)(F)F. The zero-order valence-electron chi connectivity index (χ0n) is 9.34. The van der Waals surface area contributed by atoms with Crippen molar-refractivity contribution in [2.75, 3.05) is 11.9 Å². The van der Waals surface area contributed by atoms with Gasteiger partial charge >= 0.3 is 18.1 Å². The molecule has 18 heavy (non-hydrogen) atoms. The van der Waals surface area contributed by atoms with Crippen molar-refractivity contribution >= 4 is 33.6 Å². The van der Waals surface area contributed by atoms with Gasteiger partial charge in [-0.3, -0.25) is 9.59 Å². The molecule has 0 aliphatic rings. The predicted molar refractivity (Wildman–Crippen MR) is 58.0 cm³/mol. The van der Waals surface area contributed by atoms with Gasteiger partial charge in [0.1, 0.15) is 11.8 Å². The van der Waals surface area contributed by atoms with E-state index in [-0.39, 0.29) is 11.9 Å². The third-order valence-electron chi connectivity index (χ3n) is 1.71. The molecule has 9 heteroatoms. The number of Topliss-reactive ketones (excluding diaryl/α,β-unsaturated/α-hetero) is 1. The van der Waals surface area contributed by atoms with E-state index in [1.165, 1.54) is 12.2 Å². The van der Waals surface area contributed by atoms with Crippen LogP contribution in [0.25, 0.3) is 0 Å². The Kier molecular flexibility index (Phi) is 6.89. The van der Waals surface area contributed by atoms with E-state index in [4.69, 9.17) is 0 Å². The van der Waals surface area contributed by atoms with Crippen LogP contribution in [0.4, 0.5) is 13.2 Å². The Balaban J connectivity index is 4.72. The molecule has 0 aliphatic heterocycles. The molecule has 5 nitrogen and oxygen atoms in total. The summed E-state index contributed by atoms with van der Waals surface area (Å²) in [5.41, 5.74) is 0. The lowest BCUT2D eigenvalue weighted by Gasteiger charge is -2.17. The highest BCUT2D eigenvalue weighted by molar-refractivity contribution is 9.09. The molecule has 0 saturated heterocycles. The lowest BCUT2D eigenvalue weighted by atomic mass is 10.1. The van der Waals surface area contributed by atoms with Crippen molar-refractivity contribution in [1.29, 1.82) is 0 Å². The lowest BCUT2D eigenvalue weighted by molar-refractivity contribution is -0.176. The van der Waals surface area contributed by atoms with Crippen molar-refractivity contribution in [3.8, 4) is 0 Å². The van der Waals surface area contributed by atoms with E-state index < -0.39 is 36.3 Å². The monoisotopic (exact) mass is 333 g/mol. The summed E-state index contributed by atoms with van der Waals surface area (Å²) in [7, 11) is 0. The van der Waals surface area contributed by atoms with Gasteiger partial charge in [0.2, 0.25) is 0 Å². The smallest absolute Gasteiger partial charge is 0.464 e. The molecule has 1 amide bonds. The molecule has 1 atom stereocenters. The normalized spacial score (nSPS) is 12.7. The predicted octanol–water partition coefficient (Wildman–Crippen LogP) is 0.951. The summed E-state index contributed by atoms with van der Waals surface area (Å²) in [6, 6.07) is -1.64. The van der Waals surface area contributed by atoms with E-state index >= 15 is 0 Å². The van der Waals surface area contributed by atoms with Crippen molar-refractivity contribution in [2.24, 2.45) is 0 Å². The minimum atomic E-state index is -5.12. The molecular weight excluding hydrogens is 323 g/mol. The number of alkyl halides is 4. The minimum Gasteiger partial charge on any atom is -0.464 e. The summed E-state index contributed by atoms with van der Waals surface area (Å²) < 4.78 is 40.5. The van der Waals surface area contributed by atoms with E-state index in [2.05, 4.69) is 20.7 Å². The van der Waals surface area contributed by atoms with Crippen LogP contribution in [0.2, 0.25) is 0 Å². The number of carbonyl (C=O) groups is 3. The Morgan fingerprint density at radius 2 is 1.89 bits per heavy atom. The number of esters is 1. The van der Waals surface area contributed by atoms with Gasteiger partial charge < -0.3 is 10.1 Å². The van der Waals surface area contributed by atoms with Crippen molar-refractivity contribution in [3.05, 3.63) is 0 Å². The van der Waals surface area contributed by atoms with E-state index in [0.717, 1.165) is 0 Å². The molecule has 0 rings (SSSR count). The van der Waals surface area contributed by atoms with Crippen LogP contribution in [0.3, 0.4) is 0 Å². The van der Waals surface area contributed by atoms with Crippen molar-refractivity contribution < 1.29 is 32.3 Å². The third-order valence-corrected chi connectivity index (χ3v) is 2.34. The summed E-state index contributed by atoms with van der Waals surface area (Å²) in [4.78, 5) is 33.0. The van der Waals surface area contributed by atoms with Crippen molar-refractivity contribution in [3.63, 3.8) is 0 Å². The van der Waals surface area contributed by atoms with Gasteiger partial charge in [-0.2, -0.15) is 13.2 Å². The summed E-state index contributed by atoms with van der Waals surface area (Å²) in [5.74, 6) is -3.90. The first-order valence-corrected chi connectivity index (χ1v) is 5.96. The van der Waals surface area contributed by atoms with E-state index in [0.29, 0.717) is 0 Å². The molecule has 1 N–H and O–H groups in total. The summed E-state index contributed by atoms with van der Waals surface area (Å²) >= 11 is 2.80. The van der Waals surface area contributed by atoms with E-state index in [9.17, 15) is 27.6 Å². The maximum Gasteiger partial charge on any atom is 0.471 e. The fourth-order valence-corrected chi connectivity index (χ4v) is 1.19. The van der Waals surface area contributed by atoms with Gasteiger partial charge in [-0.15, -0.1) is 0 Å². The number of carbonyl (C=O) groups excluding carboxylic acids is 3. The number of amides is 1. The standard InChI is InChI=1S/C9H11BrF3NO4/c1-2-18-7(16)6(3-5(15)4-10)14-8(17)9(11,12)13/h6H,2-4H2,1H3,(H,14,17)/t6-/m0/s1. The molecule has 0 aromatic heterocycles. The first kappa shape index (κ1) is 16.9. The van der Waals surface area contributed by atoms with Gasteiger partial charge in [-0.25, -0.2) is 4.79 Å². The van der Waals surface area contributed by atoms with Gasteiger partial charge in [0.25, 0.3) is 0 Å². The Bertz CT molecular complexity index is 332. The molecule has 0 aromatic carbocycles. The Labute approximate surface area is 109 Å². The molecule has 0 aliphatic carbocycles. The van der Waals surface area contributed by atoms with E-state index in [1.807, 2.05) is 0 Å². The highest BCUT2D eigenvalue weighted by Crippen LogP contribution is 2.15. The molecular formula is C9H11BrF3NO4. The molecule has 0 saturated carbocycles.